The van der Waals surface area contributed by atoms with Crippen LogP contribution in [-0.4, -0.2) is 4.57 Å². The standard InChI is InChI=1S/C35H25N2O/c1-22-24-11-4-3-10-23(24)18-19-25(22)34-35-28(20-21-36(34)2)33-31(16-9-17-32(33)38-35)37-29-14-7-5-12-26(29)27-13-6-8-15-30(27)37/h3-21H,1-2H3/q+1. The maximum Gasteiger partial charge on any atom is 0.256 e. The van der Waals surface area contributed by atoms with Crippen molar-refractivity contribution in [2.24, 2.45) is 7.05 Å². The van der Waals surface area contributed by atoms with E-state index in [9.17, 15) is 0 Å². The normalized spacial score (nSPS) is 11.9. The van der Waals surface area contributed by atoms with Gasteiger partial charge in [0.15, 0.2) is 6.20 Å². The topological polar surface area (TPSA) is 21.9 Å². The molecule has 0 bridgehead atoms. The number of fused-ring (bicyclic) bond motifs is 7. The molecule has 0 saturated carbocycles. The van der Waals surface area contributed by atoms with Gasteiger partial charge in [-0.15, -0.1) is 0 Å². The van der Waals surface area contributed by atoms with Gasteiger partial charge in [0.25, 0.3) is 5.69 Å². The lowest BCUT2D eigenvalue weighted by atomic mass is 9.96. The lowest BCUT2D eigenvalue weighted by molar-refractivity contribution is -0.659. The van der Waals surface area contributed by atoms with Crippen LogP contribution in [0.15, 0.2) is 120 Å². The molecule has 0 fully saturated rings. The summed E-state index contributed by atoms with van der Waals surface area (Å²) in [5.74, 6) is 0. The maximum absolute atomic E-state index is 6.71. The van der Waals surface area contributed by atoms with Crippen molar-refractivity contribution in [2.45, 2.75) is 6.92 Å². The van der Waals surface area contributed by atoms with Crippen molar-refractivity contribution in [3.05, 3.63) is 121 Å². The minimum atomic E-state index is 0.894. The number of furan rings is 1. The average molecular weight is 490 g/mol. The summed E-state index contributed by atoms with van der Waals surface area (Å²) in [7, 11) is 2.10. The molecule has 38 heavy (non-hydrogen) atoms. The van der Waals surface area contributed by atoms with E-state index in [0.717, 1.165) is 33.3 Å². The van der Waals surface area contributed by atoms with E-state index in [2.05, 4.69) is 138 Å². The molecule has 0 radical (unpaired) electrons. The lowest BCUT2D eigenvalue weighted by Crippen LogP contribution is -2.30. The lowest BCUT2D eigenvalue weighted by Gasteiger charge is -2.10. The molecule has 0 saturated heterocycles. The molecule has 0 spiro atoms. The molecule has 8 rings (SSSR count). The van der Waals surface area contributed by atoms with Crippen LogP contribution in [0.3, 0.4) is 0 Å². The van der Waals surface area contributed by atoms with Crippen LogP contribution >= 0.6 is 0 Å². The zero-order valence-corrected chi connectivity index (χ0v) is 21.3. The smallest absolute Gasteiger partial charge is 0.256 e. The zero-order valence-electron chi connectivity index (χ0n) is 21.3. The zero-order chi connectivity index (χ0) is 25.4. The highest BCUT2D eigenvalue weighted by molar-refractivity contribution is 6.15. The molecule has 3 heteroatoms. The summed E-state index contributed by atoms with van der Waals surface area (Å²) in [5.41, 5.74) is 8.87. The van der Waals surface area contributed by atoms with Gasteiger partial charge in [0.05, 0.1) is 27.7 Å². The quantitative estimate of drug-likeness (QED) is 0.223. The molecule has 0 aliphatic heterocycles. The average Bonchev–Trinajstić information content (AvgIpc) is 3.50. The van der Waals surface area contributed by atoms with E-state index in [1.165, 1.54) is 43.7 Å². The molecule has 180 valence electrons. The fraction of sp³-hybridized carbons (Fsp3) is 0.0571. The van der Waals surface area contributed by atoms with Gasteiger partial charge in [0.2, 0.25) is 5.58 Å². The summed E-state index contributed by atoms with van der Waals surface area (Å²) >= 11 is 0. The molecule has 3 nitrogen and oxygen atoms in total. The van der Waals surface area contributed by atoms with E-state index in [-0.39, 0.29) is 0 Å². The first-order valence-electron chi connectivity index (χ1n) is 13.0. The fourth-order valence-corrected chi connectivity index (χ4v) is 6.27. The van der Waals surface area contributed by atoms with E-state index in [1.54, 1.807) is 0 Å². The van der Waals surface area contributed by atoms with Crippen molar-refractivity contribution in [1.82, 2.24) is 4.57 Å². The first kappa shape index (κ1) is 21.2. The summed E-state index contributed by atoms with van der Waals surface area (Å²) in [6, 6.07) is 38.9. The first-order valence-corrected chi connectivity index (χ1v) is 13.0. The van der Waals surface area contributed by atoms with E-state index in [4.69, 9.17) is 4.42 Å². The van der Waals surface area contributed by atoms with Crippen molar-refractivity contribution in [1.29, 1.82) is 0 Å². The van der Waals surface area contributed by atoms with Gasteiger partial charge in [-0.3, -0.25) is 0 Å². The van der Waals surface area contributed by atoms with Gasteiger partial charge in [-0.2, -0.15) is 4.57 Å². The Bertz CT molecular complexity index is 2160. The van der Waals surface area contributed by atoms with Gasteiger partial charge < -0.3 is 8.98 Å². The SMILES string of the molecule is Cc1c(-c2c3oc4cccc(-n5c6ccccc6c6ccccc65)c4c3cc[n+]2C)ccc2ccccc12. The molecule has 0 atom stereocenters. The van der Waals surface area contributed by atoms with Gasteiger partial charge >= 0.3 is 0 Å². The number of aromatic nitrogens is 2. The van der Waals surface area contributed by atoms with Crippen LogP contribution in [-0.2, 0) is 7.05 Å². The predicted octanol–water partition coefficient (Wildman–Crippen LogP) is 8.64. The Kier molecular flexibility index (Phi) is 4.36. The molecule has 5 aromatic carbocycles. The van der Waals surface area contributed by atoms with Crippen LogP contribution in [0.25, 0.3) is 71.5 Å². The van der Waals surface area contributed by atoms with Crippen molar-refractivity contribution in [3.63, 3.8) is 0 Å². The van der Waals surface area contributed by atoms with Crippen molar-refractivity contribution < 1.29 is 8.98 Å². The van der Waals surface area contributed by atoms with Gasteiger partial charge in [-0.1, -0.05) is 72.8 Å². The Morgan fingerprint density at radius 3 is 2.08 bits per heavy atom. The second kappa shape index (κ2) is 7.80. The second-order valence-corrected chi connectivity index (χ2v) is 10.1. The van der Waals surface area contributed by atoms with E-state index in [0.29, 0.717) is 0 Å². The molecule has 0 N–H and O–H groups in total. The number of rotatable bonds is 2. The third-order valence-corrected chi connectivity index (χ3v) is 8.04. The van der Waals surface area contributed by atoms with Crippen LogP contribution in [0.2, 0.25) is 0 Å². The Hall–Kier alpha value is -4.89. The summed E-state index contributed by atoms with van der Waals surface area (Å²) in [6.45, 7) is 2.21. The Labute approximate surface area is 219 Å². The third-order valence-electron chi connectivity index (χ3n) is 8.04. The van der Waals surface area contributed by atoms with Crippen LogP contribution in [0.5, 0.6) is 0 Å². The summed E-state index contributed by atoms with van der Waals surface area (Å²) in [6.07, 6.45) is 2.16. The Morgan fingerprint density at radius 2 is 1.32 bits per heavy atom. The minimum Gasteiger partial charge on any atom is -0.449 e. The van der Waals surface area contributed by atoms with Crippen molar-refractivity contribution in [2.75, 3.05) is 0 Å². The number of aryl methyl sites for hydroxylation is 2. The van der Waals surface area contributed by atoms with Gasteiger partial charge in [-0.25, -0.2) is 0 Å². The molecule has 0 aliphatic rings. The van der Waals surface area contributed by atoms with E-state index in [1.807, 2.05) is 0 Å². The van der Waals surface area contributed by atoms with Crippen LogP contribution < -0.4 is 4.57 Å². The highest BCUT2D eigenvalue weighted by Gasteiger charge is 2.25. The molecule has 0 aliphatic carbocycles. The van der Waals surface area contributed by atoms with Gasteiger partial charge in [0.1, 0.15) is 12.6 Å². The molecule has 3 aromatic heterocycles. The van der Waals surface area contributed by atoms with Crippen LogP contribution in [0.4, 0.5) is 0 Å². The first-order chi connectivity index (χ1) is 18.7. The summed E-state index contributed by atoms with van der Waals surface area (Å²) in [5, 5.41) is 7.29. The van der Waals surface area contributed by atoms with Crippen LogP contribution in [0, 0.1) is 6.92 Å². The fourth-order valence-electron chi connectivity index (χ4n) is 6.27. The van der Waals surface area contributed by atoms with Gasteiger partial charge in [-0.05, 0) is 53.6 Å². The highest BCUT2D eigenvalue weighted by Crippen LogP contribution is 2.41. The highest BCUT2D eigenvalue weighted by atomic mass is 16.3. The number of para-hydroxylation sites is 2. The third kappa shape index (κ3) is 2.81. The second-order valence-electron chi connectivity index (χ2n) is 10.1. The Balaban J connectivity index is 1.49. The molecule has 0 unspecified atom stereocenters. The molecule has 8 aromatic rings. The Morgan fingerprint density at radius 1 is 0.632 bits per heavy atom. The number of hydrogen-bond acceptors (Lipinski definition) is 1. The molecule has 0 amide bonds. The van der Waals surface area contributed by atoms with Crippen molar-refractivity contribution >= 4 is 54.5 Å². The van der Waals surface area contributed by atoms with Crippen molar-refractivity contribution in [3.8, 4) is 16.9 Å². The summed E-state index contributed by atoms with van der Waals surface area (Å²) < 4.78 is 11.3. The number of hydrogen-bond donors (Lipinski definition) is 0. The number of pyridine rings is 1. The molecule has 3 heterocycles. The largest absolute Gasteiger partial charge is 0.449 e. The minimum absolute atomic E-state index is 0.894. The molecular weight excluding hydrogens is 464 g/mol. The van der Waals surface area contributed by atoms with Gasteiger partial charge in [0, 0.05) is 22.2 Å². The van der Waals surface area contributed by atoms with Crippen LogP contribution in [0.1, 0.15) is 5.56 Å². The van der Waals surface area contributed by atoms with E-state index >= 15 is 0 Å². The maximum atomic E-state index is 6.71. The predicted molar refractivity (Wildman–Crippen MR) is 157 cm³/mol. The molecular formula is C35H25N2O+. The van der Waals surface area contributed by atoms with E-state index < -0.39 is 0 Å². The monoisotopic (exact) mass is 489 g/mol. The summed E-state index contributed by atoms with van der Waals surface area (Å²) in [4.78, 5) is 0. The number of nitrogens with zero attached hydrogens (tertiary/aromatic N) is 2. The number of benzene rings is 5.